The number of nitro groups is 1. The van der Waals surface area contributed by atoms with E-state index in [1.54, 1.807) is 6.07 Å². The summed E-state index contributed by atoms with van der Waals surface area (Å²) >= 11 is 5.46. The quantitative estimate of drug-likeness (QED) is 0.225. The summed E-state index contributed by atoms with van der Waals surface area (Å²) < 4.78 is 11.2. The molecule has 0 radical (unpaired) electrons. The summed E-state index contributed by atoms with van der Waals surface area (Å²) in [6, 6.07) is 2.49. The van der Waals surface area contributed by atoms with Crippen molar-refractivity contribution in [2.24, 2.45) is 0 Å². The van der Waals surface area contributed by atoms with Crippen LogP contribution in [-0.2, 0) is 4.79 Å². The molecule has 2 rings (SSSR count). The van der Waals surface area contributed by atoms with Crippen LogP contribution in [0.3, 0.4) is 0 Å². The lowest BCUT2D eigenvalue weighted by atomic mass is 9.92. The van der Waals surface area contributed by atoms with Crippen LogP contribution in [0.2, 0.25) is 0 Å². The highest BCUT2D eigenvalue weighted by molar-refractivity contribution is 7.80. The number of rotatable bonds is 11. The van der Waals surface area contributed by atoms with Crippen LogP contribution in [-0.4, -0.2) is 41.0 Å². The minimum absolute atomic E-state index is 0.103. The van der Waals surface area contributed by atoms with Crippen molar-refractivity contribution in [3.8, 4) is 11.5 Å². The number of unbranched alkanes of at least 4 members (excludes halogenated alkanes) is 3. The van der Waals surface area contributed by atoms with Gasteiger partial charge in [0.05, 0.1) is 24.7 Å². The third-order valence-corrected chi connectivity index (χ3v) is 5.68. The highest BCUT2D eigenvalue weighted by atomic mass is 32.1. The highest BCUT2D eigenvalue weighted by Crippen LogP contribution is 2.42. The van der Waals surface area contributed by atoms with Gasteiger partial charge in [-0.05, 0) is 51.0 Å². The Morgan fingerprint density at radius 3 is 2.55 bits per heavy atom. The number of methoxy groups -OCH3 is 1. The predicted octanol–water partition coefficient (Wildman–Crippen LogP) is 4.68. The van der Waals surface area contributed by atoms with Crippen LogP contribution in [0.5, 0.6) is 11.5 Å². The fourth-order valence-corrected chi connectivity index (χ4v) is 4.16. The maximum Gasteiger partial charge on any atom is 0.315 e. The Bertz CT molecular complexity index is 884. The van der Waals surface area contributed by atoms with Crippen molar-refractivity contribution in [1.82, 2.24) is 10.2 Å². The number of hydrogen-bond donors (Lipinski definition) is 1. The molecule has 0 amide bonds. The minimum atomic E-state index is -0.612. The first-order valence-corrected chi connectivity index (χ1v) is 11.0. The van der Waals surface area contributed by atoms with Crippen molar-refractivity contribution in [2.75, 3.05) is 20.3 Å². The topological polar surface area (TPSA) is 93.9 Å². The van der Waals surface area contributed by atoms with Gasteiger partial charge >= 0.3 is 5.69 Å². The standard InChI is InChI=1S/C22H31N3O5S/c1-6-8-9-10-11-30-21-17(25(27)28)12-16(13-18(21)29-5)20-19(15(4)26)14(3)24(7-2)22(31)23-20/h12-13,20H,6-11H2,1-5H3,(H,23,31). The summed E-state index contributed by atoms with van der Waals surface area (Å²) in [6.07, 6.45) is 3.98. The fraction of sp³-hybridized carbons (Fsp3) is 0.545. The molecule has 0 saturated carbocycles. The van der Waals surface area contributed by atoms with Crippen LogP contribution >= 0.6 is 12.2 Å². The SMILES string of the molecule is CCCCCCOc1c(OC)cc(C2NC(=S)N(CC)C(C)=C2C(C)=O)cc1[N+](=O)[O-]. The molecule has 170 valence electrons. The van der Waals surface area contributed by atoms with Gasteiger partial charge in [-0.15, -0.1) is 0 Å². The molecule has 8 nitrogen and oxygen atoms in total. The van der Waals surface area contributed by atoms with Crippen LogP contribution in [0.25, 0.3) is 0 Å². The molecule has 0 fully saturated rings. The Labute approximate surface area is 188 Å². The van der Waals surface area contributed by atoms with Gasteiger partial charge in [0.25, 0.3) is 0 Å². The number of carbonyl (C=O) groups excluding carboxylic acids is 1. The van der Waals surface area contributed by atoms with Gasteiger partial charge in [0, 0.05) is 23.9 Å². The van der Waals surface area contributed by atoms with Gasteiger partial charge in [-0.25, -0.2) is 0 Å². The van der Waals surface area contributed by atoms with Gasteiger partial charge in [0.2, 0.25) is 5.75 Å². The molecule has 1 unspecified atom stereocenters. The average Bonchev–Trinajstić information content (AvgIpc) is 2.72. The average molecular weight is 450 g/mol. The molecule has 0 spiro atoms. The molecular formula is C22H31N3O5S. The number of ether oxygens (including phenoxy) is 2. The predicted molar refractivity (Wildman–Crippen MR) is 124 cm³/mol. The summed E-state index contributed by atoms with van der Waals surface area (Å²) in [7, 11) is 1.44. The Kier molecular flexibility index (Phi) is 8.79. The molecule has 1 aliphatic heterocycles. The zero-order valence-electron chi connectivity index (χ0n) is 18.8. The number of Topliss-reactive ketones (excluding diaryl/α,β-unsaturated/α-hetero) is 1. The Hall–Kier alpha value is -2.68. The van der Waals surface area contributed by atoms with Crippen molar-refractivity contribution < 1.29 is 19.2 Å². The van der Waals surface area contributed by atoms with E-state index < -0.39 is 11.0 Å². The van der Waals surface area contributed by atoms with E-state index in [0.29, 0.717) is 29.4 Å². The molecule has 0 aliphatic carbocycles. The Morgan fingerprint density at radius 2 is 2.00 bits per heavy atom. The lowest BCUT2D eigenvalue weighted by molar-refractivity contribution is -0.386. The van der Waals surface area contributed by atoms with E-state index in [-0.39, 0.29) is 23.0 Å². The second-order valence-electron chi connectivity index (χ2n) is 7.42. The third-order valence-electron chi connectivity index (χ3n) is 5.34. The first-order valence-electron chi connectivity index (χ1n) is 10.6. The smallest absolute Gasteiger partial charge is 0.315 e. The molecule has 1 N–H and O–H groups in total. The molecule has 31 heavy (non-hydrogen) atoms. The molecule has 1 aromatic rings. The van der Waals surface area contributed by atoms with Crippen LogP contribution in [0.4, 0.5) is 5.69 Å². The third kappa shape index (κ3) is 5.52. The van der Waals surface area contributed by atoms with E-state index in [0.717, 1.165) is 31.4 Å². The van der Waals surface area contributed by atoms with E-state index in [1.807, 2.05) is 18.7 Å². The maximum absolute atomic E-state index is 12.5. The number of hydrogen-bond acceptors (Lipinski definition) is 6. The summed E-state index contributed by atoms with van der Waals surface area (Å²) in [5.41, 5.74) is 1.57. The van der Waals surface area contributed by atoms with Crippen LogP contribution < -0.4 is 14.8 Å². The molecule has 1 aliphatic rings. The molecule has 9 heteroatoms. The van der Waals surface area contributed by atoms with E-state index in [4.69, 9.17) is 21.7 Å². The van der Waals surface area contributed by atoms with Crippen molar-refractivity contribution in [3.63, 3.8) is 0 Å². The number of nitrogens with zero attached hydrogens (tertiary/aromatic N) is 2. The Balaban J connectivity index is 2.50. The zero-order chi connectivity index (χ0) is 23.1. The molecular weight excluding hydrogens is 418 g/mol. The number of carbonyl (C=O) groups is 1. The summed E-state index contributed by atoms with van der Waals surface area (Å²) in [6.45, 7) is 8.34. The lowest BCUT2D eigenvalue weighted by Crippen LogP contribution is -2.47. The lowest BCUT2D eigenvalue weighted by Gasteiger charge is -2.37. The van der Waals surface area contributed by atoms with Gasteiger partial charge in [-0.3, -0.25) is 14.9 Å². The van der Waals surface area contributed by atoms with Crippen LogP contribution in [0, 0.1) is 10.1 Å². The number of allylic oxidation sites excluding steroid dienone is 1. The van der Waals surface area contributed by atoms with Crippen molar-refractivity contribution in [2.45, 2.75) is 59.4 Å². The van der Waals surface area contributed by atoms with E-state index in [1.165, 1.54) is 20.1 Å². The second-order valence-corrected chi connectivity index (χ2v) is 7.81. The molecule has 1 aromatic carbocycles. The number of benzene rings is 1. The van der Waals surface area contributed by atoms with Gasteiger partial charge in [0.15, 0.2) is 16.6 Å². The molecule has 1 heterocycles. The normalized spacial score (nSPS) is 16.2. The molecule has 0 bridgehead atoms. The van der Waals surface area contributed by atoms with Crippen LogP contribution in [0.1, 0.15) is 65.0 Å². The van der Waals surface area contributed by atoms with Gasteiger partial charge in [0.1, 0.15) is 0 Å². The largest absolute Gasteiger partial charge is 0.493 e. The monoisotopic (exact) mass is 449 g/mol. The summed E-state index contributed by atoms with van der Waals surface area (Å²) in [5, 5.41) is 15.5. The number of thiocarbonyl (C=S) groups is 1. The van der Waals surface area contributed by atoms with Gasteiger partial charge in [-0.1, -0.05) is 26.2 Å². The molecule has 0 saturated heterocycles. The first-order chi connectivity index (χ1) is 14.8. The van der Waals surface area contributed by atoms with Crippen molar-refractivity contribution in [3.05, 3.63) is 39.1 Å². The van der Waals surface area contributed by atoms with Crippen molar-refractivity contribution in [1.29, 1.82) is 0 Å². The van der Waals surface area contributed by atoms with Gasteiger partial charge in [-0.2, -0.15) is 0 Å². The van der Waals surface area contributed by atoms with E-state index >= 15 is 0 Å². The Morgan fingerprint density at radius 1 is 1.29 bits per heavy atom. The van der Waals surface area contributed by atoms with Crippen LogP contribution in [0.15, 0.2) is 23.4 Å². The minimum Gasteiger partial charge on any atom is -0.493 e. The van der Waals surface area contributed by atoms with E-state index in [2.05, 4.69) is 12.2 Å². The maximum atomic E-state index is 12.5. The second kappa shape index (κ2) is 11.1. The fourth-order valence-electron chi connectivity index (χ4n) is 3.78. The molecule has 1 atom stereocenters. The highest BCUT2D eigenvalue weighted by Gasteiger charge is 2.34. The zero-order valence-corrected chi connectivity index (χ0v) is 19.6. The summed E-state index contributed by atoms with van der Waals surface area (Å²) in [4.78, 5) is 25.7. The molecule has 0 aromatic heterocycles. The van der Waals surface area contributed by atoms with Gasteiger partial charge < -0.3 is 19.7 Å². The first kappa shape index (κ1) is 24.6. The van der Waals surface area contributed by atoms with E-state index in [9.17, 15) is 14.9 Å². The number of ketones is 1. The summed E-state index contributed by atoms with van der Waals surface area (Å²) in [5.74, 6) is 0.228. The number of nitrogens with one attached hydrogen (secondary N) is 1. The number of nitro benzene ring substituents is 1. The van der Waals surface area contributed by atoms with Crippen molar-refractivity contribution >= 4 is 28.8 Å².